The third-order valence-electron chi connectivity index (χ3n) is 5.65. The second-order valence-corrected chi connectivity index (χ2v) is 7.81. The molecule has 1 saturated heterocycles. The lowest BCUT2D eigenvalue weighted by Gasteiger charge is -2.36. The summed E-state index contributed by atoms with van der Waals surface area (Å²) in [6.07, 6.45) is 3.96. The van der Waals surface area contributed by atoms with Crippen molar-refractivity contribution in [3.05, 3.63) is 41.2 Å². The number of aromatic amines is 1. The fraction of sp³-hybridized carbons (Fsp3) is 0.545. The van der Waals surface area contributed by atoms with Gasteiger partial charge in [-0.25, -0.2) is 0 Å². The number of piperazine rings is 1. The number of aromatic nitrogens is 2. The predicted molar refractivity (Wildman–Crippen MR) is 132 cm³/mol. The van der Waals surface area contributed by atoms with Crippen molar-refractivity contribution < 1.29 is 9.47 Å². The van der Waals surface area contributed by atoms with Crippen LogP contribution in [0.25, 0.3) is 0 Å². The number of fused-ring (bicyclic) bond motifs is 1. The van der Waals surface area contributed by atoms with Gasteiger partial charge >= 0.3 is 0 Å². The number of guanidine groups is 1. The summed E-state index contributed by atoms with van der Waals surface area (Å²) < 4.78 is 10.9. The van der Waals surface area contributed by atoms with Gasteiger partial charge in [0.25, 0.3) is 0 Å². The molecule has 0 unspecified atom stereocenters. The molecule has 170 valence electrons. The summed E-state index contributed by atoms with van der Waals surface area (Å²) in [6, 6.07) is 6.24. The molecule has 0 saturated carbocycles. The summed E-state index contributed by atoms with van der Waals surface area (Å²) >= 11 is 0. The van der Waals surface area contributed by atoms with Crippen molar-refractivity contribution in [3.63, 3.8) is 0 Å². The lowest BCUT2D eigenvalue weighted by Crippen LogP contribution is -2.52. The van der Waals surface area contributed by atoms with Crippen molar-refractivity contribution in [1.82, 2.24) is 25.3 Å². The number of hydrogen-bond donors (Lipinski definition) is 2. The van der Waals surface area contributed by atoms with Crippen LogP contribution in [0.4, 0.5) is 0 Å². The van der Waals surface area contributed by atoms with E-state index in [2.05, 4.69) is 51.3 Å². The first kappa shape index (κ1) is 23.6. The van der Waals surface area contributed by atoms with Crippen LogP contribution in [0.15, 0.2) is 29.4 Å². The van der Waals surface area contributed by atoms with Crippen LogP contribution in [0, 0.1) is 6.92 Å². The Morgan fingerprint density at radius 3 is 2.74 bits per heavy atom. The van der Waals surface area contributed by atoms with Crippen LogP contribution in [-0.2, 0) is 13.0 Å². The molecule has 2 aliphatic rings. The number of rotatable bonds is 7. The summed E-state index contributed by atoms with van der Waals surface area (Å²) in [5.74, 6) is 2.74. The first-order chi connectivity index (χ1) is 14.7. The maximum Gasteiger partial charge on any atom is 0.231 e. The smallest absolute Gasteiger partial charge is 0.231 e. The van der Waals surface area contributed by atoms with E-state index in [-0.39, 0.29) is 24.0 Å². The number of aliphatic imine (C=N–C) groups is 1. The number of nitrogens with one attached hydrogen (secondary N) is 2. The highest BCUT2D eigenvalue weighted by atomic mass is 127. The Morgan fingerprint density at radius 1 is 1.19 bits per heavy atom. The Labute approximate surface area is 201 Å². The number of aryl methyl sites for hydroxylation is 2. The minimum atomic E-state index is 0. The number of nitrogens with zero attached hydrogens (tertiary/aromatic N) is 4. The maximum atomic E-state index is 5.50. The Kier molecular flexibility index (Phi) is 8.82. The van der Waals surface area contributed by atoms with Crippen molar-refractivity contribution in [3.8, 4) is 11.5 Å². The van der Waals surface area contributed by atoms with E-state index in [1.54, 1.807) is 0 Å². The number of hydrogen-bond acceptors (Lipinski definition) is 5. The molecule has 0 spiro atoms. The highest BCUT2D eigenvalue weighted by Crippen LogP contribution is 2.32. The molecule has 3 heterocycles. The average molecular weight is 540 g/mol. The largest absolute Gasteiger partial charge is 0.454 e. The lowest BCUT2D eigenvalue weighted by molar-refractivity contribution is 0.171. The Morgan fingerprint density at radius 2 is 2.00 bits per heavy atom. The molecule has 0 radical (unpaired) electrons. The van der Waals surface area contributed by atoms with E-state index in [9.17, 15) is 0 Å². The van der Waals surface area contributed by atoms with Crippen molar-refractivity contribution >= 4 is 29.9 Å². The molecule has 4 rings (SSSR count). The summed E-state index contributed by atoms with van der Waals surface area (Å²) in [6.45, 7) is 11.2. The summed E-state index contributed by atoms with van der Waals surface area (Å²) in [7, 11) is 0. The molecule has 2 aromatic rings. The van der Waals surface area contributed by atoms with Gasteiger partial charge < -0.3 is 19.7 Å². The Hall–Kier alpha value is -2.01. The van der Waals surface area contributed by atoms with E-state index in [1.165, 1.54) is 11.1 Å². The van der Waals surface area contributed by atoms with Gasteiger partial charge in [-0.05, 0) is 49.9 Å². The van der Waals surface area contributed by atoms with E-state index in [1.807, 2.05) is 12.3 Å². The van der Waals surface area contributed by atoms with E-state index in [0.29, 0.717) is 6.79 Å². The molecular weight excluding hydrogens is 507 g/mol. The van der Waals surface area contributed by atoms with Gasteiger partial charge in [0.05, 0.1) is 6.20 Å². The van der Waals surface area contributed by atoms with Gasteiger partial charge in [-0.3, -0.25) is 15.0 Å². The third kappa shape index (κ3) is 6.25. The van der Waals surface area contributed by atoms with Gasteiger partial charge in [-0.2, -0.15) is 5.10 Å². The molecule has 0 atom stereocenters. The van der Waals surface area contributed by atoms with Crippen LogP contribution in [0.5, 0.6) is 11.5 Å². The molecule has 8 nitrogen and oxygen atoms in total. The first-order valence-corrected chi connectivity index (χ1v) is 10.9. The number of halogens is 1. The molecule has 9 heteroatoms. The van der Waals surface area contributed by atoms with E-state index >= 15 is 0 Å². The molecular formula is C22H33IN6O2. The third-order valence-corrected chi connectivity index (χ3v) is 5.65. The van der Waals surface area contributed by atoms with Gasteiger partial charge in [-0.15, -0.1) is 24.0 Å². The van der Waals surface area contributed by atoms with E-state index in [4.69, 9.17) is 14.5 Å². The second-order valence-electron chi connectivity index (χ2n) is 7.81. The SMILES string of the molecule is CCNC(=NCCCc1cn[nH]c1C)N1CCN(Cc2ccc3c(c2)OCO3)CC1.I. The van der Waals surface area contributed by atoms with Crippen LogP contribution >= 0.6 is 24.0 Å². The standard InChI is InChI=1S/C22H32N6O2.HI/c1-3-23-22(24-8-4-5-19-14-25-26-17(19)2)28-11-9-27(10-12-28)15-18-6-7-20-21(13-18)30-16-29-20;/h6-7,13-14H,3-5,8-12,15-16H2,1-2H3,(H,23,24)(H,25,26);1H. The average Bonchev–Trinajstić information content (AvgIpc) is 3.39. The summed E-state index contributed by atoms with van der Waals surface area (Å²) in [4.78, 5) is 9.73. The zero-order valence-corrected chi connectivity index (χ0v) is 20.7. The highest BCUT2D eigenvalue weighted by molar-refractivity contribution is 14.0. The zero-order chi connectivity index (χ0) is 20.8. The molecule has 1 aromatic carbocycles. The van der Waals surface area contributed by atoms with Gasteiger partial charge in [0, 0.05) is 51.5 Å². The van der Waals surface area contributed by atoms with Crippen LogP contribution in [0.2, 0.25) is 0 Å². The quantitative estimate of drug-likeness (QED) is 0.244. The molecule has 1 fully saturated rings. The summed E-state index contributed by atoms with van der Waals surface area (Å²) in [5, 5.41) is 10.6. The topological polar surface area (TPSA) is 78.0 Å². The van der Waals surface area contributed by atoms with Gasteiger partial charge in [0.1, 0.15) is 0 Å². The van der Waals surface area contributed by atoms with Gasteiger partial charge in [0.2, 0.25) is 6.79 Å². The second kappa shape index (κ2) is 11.6. The van der Waals surface area contributed by atoms with E-state index in [0.717, 1.165) is 81.8 Å². The van der Waals surface area contributed by atoms with Crippen LogP contribution < -0.4 is 14.8 Å². The fourth-order valence-electron chi connectivity index (χ4n) is 3.92. The number of benzene rings is 1. The van der Waals surface area contributed by atoms with Crippen molar-refractivity contribution in [1.29, 1.82) is 0 Å². The molecule has 2 aliphatic heterocycles. The van der Waals surface area contributed by atoms with Crippen LogP contribution in [0.1, 0.15) is 30.2 Å². The summed E-state index contributed by atoms with van der Waals surface area (Å²) in [5.41, 5.74) is 3.71. The lowest BCUT2D eigenvalue weighted by atomic mass is 10.1. The minimum absolute atomic E-state index is 0. The number of H-pyrrole nitrogens is 1. The number of ether oxygens (including phenoxy) is 2. The van der Waals surface area contributed by atoms with Crippen molar-refractivity contribution in [2.75, 3.05) is 46.1 Å². The fourth-order valence-corrected chi connectivity index (χ4v) is 3.92. The van der Waals surface area contributed by atoms with Crippen LogP contribution in [0.3, 0.4) is 0 Å². The highest BCUT2D eigenvalue weighted by Gasteiger charge is 2.20. The molecule has 0 bridgehead atoms. The normalized spacial score (nSPS) is 16.3. The molecule has 0 aliphatic carbocycles. The van der Waals surface area contributed by atoms with Gasteiger partial charge in [0.15, 0.2) is 17.5 Å². The monoisotopic (exact) mass is 540 g/mol. The maximum absolute atomic E-state index is 5.50. The Bertz CT molecular complexity index is 863. The predicted octanol–water partition coefficient (Wildman–Crippen LogP) is 2.78. The van der Waals surface area contributed by atoms with Crippen LogP contribution in [-0.4, -0.2) is 72.0 Å². The zero-order valence-electron chi connectivity index (χ0n) is 18.4. The van der Waals surface area contributed by atoms with Crippen molar-refractivity contribution in [2.24, 2.45) is 4.99 Å². The van der Waals surface area contributed by atoms with Crippen molar-refractivity contribution in [2.45, 2.75) is 33.2 Å². The van der Waals surface area contributed by atoms with Gasteiger partial charge in [-0.1, -0.05) is 6.07 Å². The molecule has 31 heavy (non-hydrogen) atoms. The molecule has 1 aromatic heterocycles. The molecule has 0 amide bonds. The van der Waals surface area contributed by atoms with E-state index < -0.39 is 0 Å². The Balaban J connectivity index is 0.00000272. The molecule has 2 N–H and O–H groups in total. The minimum Gasteiger partial charge on any atom is -0.454 e. The first-order valence-electron chi connectivity index (χ1n) is 10.9.